The highest BCUT2D eigenvalue weighted by molar-refractivity contribution is 5.13. The second kappa shape index (κ2) is 4.23. The molecule has 4 atom stereocenters. The summed E-state index contributed by atoms with van der Waals surface area (Å²) in [5, 5.41) is 4.17. The number of hydrogen-bond donors (Lipinski definition) is 1. The summed E-state index contributed by atoms with van der Waals surface area (Å²) in [6.07, 6.45) is 10.0. The van der Waals surface area contributed by atoms with Gasteiger partial charge in [0.1, 0.15) is 0 Å². The van der Waals surface area contributed by atoms with Crippen molar-refractivity contribution in [3.63, 3.8) is 0 Å². The van der Waals surface area contributed by atoms with Gasteiger partial charge in [0, 0.05) is 12.1 Å². The molecule has 3 fully saturated rings. The molecule has 0 heterocycles. The molecule has 1 nitrogen and oxygen atoms in total. The van der Waals surface area contributed by atoms with Gasteiger partial charge >= 0.3 is 0 Å². The van der Waals surface area contributed by atoms with Crippen LogP contribution >= 0.6 is 0 Å². The lowest BCUT2D eigenvalue weighted by molar-refractivity contribution is 0.0602. The second-order valence-electron chi connectivity index (χ2n) is 9.30. The van der Waals surface area contributed by atoms with E-state index in [9.17, 15) is 0 Å². The van der Waals surface area contributed by atoms with Gasteiger partial charge in [-0.25, -0.2) is 0 Å². The van der Waals surface area contributed by atoms with Crippen molar-refractivity contribution in [1.82, 2.24) is 5.32 Å². The maximum Gasteiger partial charge on any atom is 0.0178 e. The topological polar surface area (TPSA) is 12.0 Å². The number of hydrogen-bond acceptors (Lipinski definition) is 1. The smallest absolute Gasteiger partial charge is 0.0178 e. The Morgan fingerprint density at radius 1 is 0.895 bits per heavy atom. The van der Waals surface area contributed by atoms with E-state index < -0.39 is 0 Å². The highest BCUT2D eigenvalue weighted by atomic mass is 15.0. The van der Waals surface area contributed by atoms with E-state index in [2.05, 4.69) is 39.9 Å². The summed E-state index contributed by atoms with van der Waals surface area (Å²) in [7, 11) is 0. The first-order valence-corrected chi connectivity index (χ1v) is 8.52. The molecule has 19 heavy (non-hydrogen) atoms. The molecule has 1 heteroatoms. The van der Waals surface area contributed by atoms with Crippen LogP contribution in [0.3, 0.4) is 0 Å². The molecule has 3 aliphatic rings. The molecule has 0 aromatic carbocycles. The highest BCUT2D eigenvalue weighted by Crippen LogP contribution is 2.62. The SMILES string of the molecule is CC1(C)CCCCC1NC1C2(C)CCC(C2)C1(C)C. The lowest BCUT2D eigenvalue weighted by atomic mass is 9.66. The third kappa shape index (κ3) is 2.07. The second-order valence-corrected chi connectivity index (χ2v) is 9.30. The van der Waals surface area contributed by atoms with E-state index in [4.69, 9.17) is 0 Å². The monoisotopic (exact) mass is 263 g/mol. The van der Waals surface area contributed by atoms with Crippen LogP contribution in [0.25, 0.3) is 0 Å². The average Bonchev–Trinajstić information content (AvgIpc) is 2.77. The molecule has 4 unspecified atom stereocenters. The summed E-state index contributed by atoms with van der Waals surface area (Å²) in [6.45, 7) is 12.6. The van der Waals surface area contributed by atoms with Gasteiger partial charge in [0.25, 0.3) is 0 Å². The van der Waals surface area contributed by atoms with E-state index in [0.29, 0.717) is 16.2 Å². The predicted octanol–water partition coefficient (Wildman–Crippen LogP) is 4.76. The third-order valence-electron chi connectivity index (χ3n) is 7.14. The van der Waals surface area contributed by atoms with Gasteiger partial charge in [-0.15, -0.1) is 0 Å². The molecule has 0 aromatic rings. The fourth-order valence-corrected chi connectivity index (χ4v) is 5.72. The minimum absolute atomic E-state index is 0.493. The molecular formula is C18H33N. The van der Waals surface area contributed by atoms with Gasteiger partial charge in [-0.05, 0) is 54.3 Å². The van der Waals surface area contributed by atoms with Crippen molar-refractivity contribution in [2.24, 2.45) is 22.2 Å². The Labute approximate surface area is 119 Å². The number of nitrogens with one attached hydrogen (secondary N) is 1. The first kappa shape index (κ1) is 13.9. The fourth-order valence-electron chi connectivity index (χ4n) is 5.72. The molecule has 0 aromatic heterocycles. The highest BCUT2D eigenvalue weighted by Gasteiger charge is 2.59. The molecular weight excluding hydrogens is 230 g/mol. The van der Waals surface area contributed by atoms with Gasteiger partial charge in [-0.1, -0.05) is 47.5 Å². The third-order valence-corrected chi connectivity index (χ3v) is 7.14. The molecule has 0 radical (unpaired) electrons. The van der Waals surface area contributed by atoms with Crippen molar-refractivity contribution in [3.8, 4) is 0 Å². The molecule has 0 aliphatic heterocycles. The summed E-state index contributed by atoms with van der Waals surface area (Å²) in [5.41, 5.74) is 1.56. The van der Waals surface area contributed by atoms with E-state index >= 15 is 0 Å². The van der Waals surface area contributed by atoms with Gasteiger partial charge in [0.05, 0.1) is 0 Å². The molecule has 3 aliphatic carbocycles. The van der Waals surface area contributed by atoms with E-state index in [1.165, 1.54) is 44.9 Å². The maximum atomic E-state index is 4.17. The Balaban J connectivity index is 1.79. The van der Waals surface area contributed by atoms with E-state index in [0.717, 1.165) is 18.0 Å². The first-order chi connectivity index (χ1) is 8.76. The summed E-state index contributed by atoms with van der Waals surface area (Å²) in [6, 6.07) is 1.47. The van der Waals surface area contributed by atoms with Crippen LogP contribution in [0.4, 0.5) is 0 Å². The van der Waals surface area contributed by atoms with Crippen molar-refractivity contribution in [3.05, 3.63) is 0 Å². The quantitative estimate of drug-likeness (QED) is 0.757. The maximum absolute atomic E-state index is 4.17. The molecule has 110 valence electrons. The van der Waals surface area contributed by atoms with Crippen molar-refractivity contribution < 1.29 is 0 Å². The van der Waals surface area contributed by atoms with E-state index in [1.54, 1.807) is 0 Å². The van der Waals surface area contributed by atoms with Crippen molar-refractivity contribution in [1.29, 1.82) is 0 Å². The number of rotatable bonds is 2. The Kier molecular flexibility index (Phi) is 3.10. The lowest BCUT2D eigenvalue weighted by Gasteiger charge is -2.49. The largest absolute Gasteiger partial charge is 0.310 e. The van der Waals surface area contributed by atoms with Gasteiger partial charge in [0.15, 0.2) is 0 Å². The molecule has 0 amide bonds. The Hall–Kier alpha value is -0.0400. The van der Waals surface area contributed by atoms with Gasteiger partial charge in [-0.2, -0.15) is 0 Å². The van der Waals surface area contributed by atoms with Crippen LogP contribution in [-0.2, 0) is 0 Å². The van der Waals surface area contributed by atoms with Crippen LogP contribution in [0.15, 0.2) is 0 Å². The Bertz CT molecular complexity index is 352. The van der Waals surface area contributed by atoms with Crippen LogP contribution in [0.2, 0.25) is 0 Å². The fraction of sp³-hybridized carbons (Fsp3) is 1.00. The summed E-state index contributed by atoms with van der Waals surface area (Å²) in [4.78, 5) is 0. The van der Waals surface area contributed by atoms with Crippen molar-refractivity contribution in [2.45, 2.75) is 91.6 Å². The zero-order chi connectivity index (χ0) is 13.9. The van der Waals surface area contributed by atoms with E-state index in [1.807, 2.05) is 0 Å². The van der Waals surface area contributed by atoms with Crippen molar-refractivity contribution in [2.75, 3.05) is 0 Å². The van der Waals surface area contributed by atoms with E-state index in [-0.39, 0.29) is 0 Å². The zero-order valence-corrected chi connectivity index (χ0v) is 13.7. The number of fused-ring (bicyclic) bond motifs is 2. The van der Waals surface area contributed by atoms with Gasteiger partial charge < -0.3 is 5.32 Å². The molecule has 2 bridgehead atoms. The molecule has 0 saturated heterocycles. The Morgan fingerprint density at radius 3 is 2.21 bits per heavy atom. The summed E-state index contributed by atoms with van der Waals surface area (Å²) < 4.78 is 0. The van der Waals surface area contributed by atoms with Gasteiger partial charge in [-0.3, -0.25) is 0 Å². The van der Waals surface area contributed by atoms with Crippen LogP contribution in [0, 0.1) is 22.2 Å². The van der Waals surface area contributed by atoms with Gasteiger partial charge in [0.2, 0.25) is 0 Å². The average molecular weight is 263 g/mol. The minimum Gasteiger partial charge on any atom is -0.310 e. The standard InChI is InChI=1S/C18H33N/c1-16(2)10-7-6-8-14(16)19-15-17(3,4)13-9-11-18(15,5)12-13/h13-15,19H,6-12H2,1-5H3. The zero-order valence-electron chi connectivity index (χ0n) is 13.7. The molecule has 3 saturated carbocycles. The molecule has 0 spiro atoms. The molecule has 3 rings (SSSR count). The predicted molar refractivity (Wildman–Crippen MR) is 82.2 cm³/mol. The normalized spacial score (nSPS) is 47.5. The summed E-state index contributed by atoms with van der Waals surface area (Å²) in [5.74, 6) is 0.960. The van der Waals surface area contributed by atoms with Crippen LogP contribution in [0.1, 0.15) is 79.6 Å². The van der Waals surface area contributed by atoms with Crippen LogP contribution < -0.4 is 5.32 Å². The summed E-state index contributed by atoms with van der Waals surface area (Å²) >= 11 is 0. The first-order valence-electron chi connectivity index (χ1n) is 8.52. The minimum atomic E-state index is 0.493. The van der Waals surface area contributed by atoms with Crippen LogP contribution in [0.5, 0.6) is 0 Å². The van der Waals surface area contributed by atoms with Crippen molar-refractivity contribution >= 4 is 0 Å². The van der Waals surface area contributed by atoms with Crippen LogP contribution in [-0.4, -0.2) is 12.1 Å². The molecule has 1 N–H and O–H groups in total. The lowest BCUT2D eigenvalue weighted by Crippen LogP contribution is -2.57. The Morgan fingerprint density at radius 2 is 1.63 bits per heavy atom.